The van der Waals surface area contributed by atoms with Crippen molar-refractivity contribution in [1.82, 2.24) is 9.97 Å². The highest BCUT2D eigenvalue weighted by atomic mass is 32.1. The molecule has 0 bridgehead atoms. The zero-order valence-electron chi connectivity index (χ0n) is 12.6. The molecule has 0 saturated heterocycles. The molecule has 5 heteroatoms. The molecule has 0 unspecified atom stereocenters. The highest BCUT2D eigenvalue weighted by molar-refractivity contribution is 7.18. The predicted molar refractivity (Wildman–Crippen MR) is 89.2 cm³/mol. The average molecular weight is 302 g/mol. The van der Waals surface area contributed by atoms with Gasteiger partial charge in [-0.1, -0.05) is 6.92 Å². The molecule has 2 aliphatic rings. The average Bonchev–Trinajstić information content (AvgIpc) is 3.41. The van der Waals surface area contributed by atoms with E-state index in [0.717, 1.165) is 34.9 Å². The van der Waals surface area contributed by atoms with Gasteiger partial charge >= 0.3 is 0 Å². The normalized spacial score (nSPS) is 18.4. The van der Waals surface area contributed by atoms with Crippen LogP contribution in [0.4, 0.5) is 11.8 Å². The quantitative estimate of drug-likeness (QED) is 0.850. The van der Waals surface area contributed by atoms with Gasteiger partial charge in [0.1, 0.15) is 10.6 Å². The smallest absolute Gasteiger partial charge is 0.225 e. The lowest BCUT2D eigenvalue weighted by Gasteiger charge is -2.19. The molecule has 4 nitrogen and oxygen atoms in total. The molecule has 0 amide bonds. The van der Waals surface area contributed by atoms with Crippen LogP contribution in [0, 0.1) is 11.8 Å². The maximum atomic E-state index is 4.70. The van der Waals surface area contributed by atoms with Crippen molar-refractivity contribution in [3.8, 4) is 0 Å². The molecule has 2 N–H and O–H groups in total. The molecular weight excluding hydrogens is 280 g/mol. The third-order valence-corrected chi connectivity index (χ3v) is 5.75. The van der Waals surface area contributed by atoms with E-state index in [4.69, 9.17) is 4.98 Å². The van der Waals surface area contributed by atoms with Crippen LogP contribution in [0.2, 0.25) is 0 Å². The molecule has 0 aliphatic heterocycles. The highest BCUT2D eigenvalue weighted by Gasteiger charge is 2.41. The Hall–Kier alpha value is -1.36. The molecule has 4 rings (SSSR count). The van der Waals surface area contributed by atoms with E-state index in [1.54, 1.807) is 11.3 Å². The summed E-state index contributed by atoms with van der Waals surface area (Å²) in [6.45, 7) is 2.20. The van der Waals surface area contributed by atoms with Crippen molar-refractivity contribution < 1.29 is 0 Å². The zero-order valence-corrected chi connectivity index (χ0v) is 13.5. The van der Waals surface area contributed by atoms with E-state index in [2.05, 4.69) is 28.6 Å². The van der Waals surface area contributed by atoms with Gasteiger partial charge in [-0.05, 0) is 50.0 Å². The summed E-state index contributed by atoms with van der Waals surface area (Å²) in [4.78, 5) is 11.8. The van der Waals surface area contributed by atoms with Crippen LogP contribution in [0.5, 0.6) is 0 Å². The molecule has 2 aliphatic carbocycles. The van der Waals surface area contributed by atoms with E-state index in [1.165, 1.54) is 35.9 Å². The minimum absolute atomic E-state index is 0.623. The number of anilines is 2. The lowest BCUT2D eigenvalue weighted by Crippen LogP contribution is -2.25. The van der Waals surface area contributed by atoms with Crippen molar-refractivity contribution in [2.75, 3.05) is 17.7 Å². The minimum Gasteiger partial charge on any atom is -0.366 e. The Morgan fingerprint density at radius 1 is 1.24 bits per heavy atom. The summed E-state index contributed by atoms with van der Waals surface area (Å²) in [5.74, 6) is 3.48. The first-order valence-electron chi connectivity index (χ1n) is 8.03. The van der Waals surface area contributed by atoms with Gasteiger partial charge in [0.25, 0.3) is 0 Å². The Kier molecular flexibility index (Phi) is 3.25. The minimum atomic E-state index is 0.623. The van der Waals surface area contributed by atoms with Gasteiger partial charge in [-0.25, -0.2) is 4.98 Å². The first-order valence-corrected chi connectivity index (χ1v) is 8.85. The molecule has 0 radical (unpaired) electrons. The van der Waals surface area contributed by atoms with Crippen LogP contribution < -0.4 is 10.6 Å². The fraction of sp³-hybridized carbons (Fsp3) is 0.625. The Morgan fingerprint density at radius 2 is 1.95 bits per heavy atom. The van der Waals surface area contributed by atoms with Crippen molar-refractivity contribution in [3.05, 3.63) is 10.9 Å². The number of fused-ring (bicyclic) bond motifs is 1. The van der Waals surface area contributed by atoms with Gasteiger partial charge in [-0.2, -0.15) is 4.98 Å². The fourth-order valence-corrected chi connectivity index (χ4v) is 4.02. The first kappa shape index (κ1) is 13.3. The third-order valence-electron chi connectivity index (χ3n) is 4.58. The summed E-state index contributed by atoms with van der Waals surface area (Å²) in [5.41, 5.74) is 0. The second-order valence-electron chi connectivity index (χ2n) is 6.28. The maximum absolute atomic E-state index is 4.70. The number of hydrogen-bond donors (Lipinski definition) is 2. The predicted octanol–water partition coefficient (Wildman–Crippen LogP) is 3.90. The SMILES string of the molecule is CCc1cc2c(NC(C3CC3)C3CC3)nc(NC)nc2s1. The lowest BCUT2D eigenvalue weighted by molar-refractivity contribution is 0.566. The van der Waals surface area contributed by atoms with Crippen LogP contribution >= 0.6 is 11.3 Å². The van der Waals surface area contributed by atoms with Crippen LogP contribution in [0.25, 0.3) is 10.2 Å². The molecular formula is C16H22N4S. The zero-order chi connectivity index (χ0) is 14.4. The molecule has 112 valence electrons. The maximum Gasteiger partial charge on any atom is 0.225 e. The fourth-order valence-electron chi connectivity index (χ4n) is 3.06. The number of nitrogens with one attached hydrogen (secondary N) is 2. The Bertz CT molecular complexity index is 646. The second kappa shape index (κ2) is 5.13. The third kappa shape index (κ3) is 2.59. The van der Waals surface area contributed by atoms with Gasteiger partial charge in [-0.15, -0.1) is 11.3 Å². The van der Waals surface area contributed by atoms with Gasteiger partial charge < -0.3 is 10.6 Å². The van der Waals surface area contributed by atoms with Crippen molar-refractivity contribution in [3.63, 3.8) is 0 Å². The largest absolute Gasteiger partial charge is 0.366 e. The van der Waals surface area contributed by atoms with Crippen molar-refractivity contribution in [2.45, 2.75) is 45.1 Å². The Balaban J connectivity index is 1.72. The Morgan fingerprint density at radius 3 is 2.52 bits per heavy atom. The standard InChI is InChI=1S/C16H22N4S/c1-3-11-8-12-14(19-16(17-2)20-15(12)21-11)18-13(9-4-5-9)10-6-7-10/h8-10,13H,3-7H2,1-2H3,(H2,17,18,19,20). The number of hydrogen-bond acceptors (Lipinski definition) is 5. The van der Waals surface area contributed by atoms with Crippen molar-refractivity contribution >= 4 is 33.3 Å². The number of aryl methyl sites for hydroxylation is 1. The summed E-state index contributed by atoms with van der Waals surface area (Å²) >= 11 is 1.78. The molecule has 2 saturated carbocycles. The van der Waals surface area contributed by atoms with Crippen LogP contribution in [0.3, 0.4) is 0 Å². The molecule has 2 fully saturated rings. The van der Waals surface area contributed by atoms with E-state index < -0.39 is 0 Å². The molecule has 0 atom stereocenters. The van der Waals surface area contributed by atoms with Crippen LogP contribution in [0.15, 0.2) is 6.07 Å². The van der Waals surface area contributed by atoms with E-state index >= 15 is 0 Å². The first-order chi connectivity index (χ1) is 10.3. The molecule has 2 aromatic rings. The lowest BCUT2D eigenvalue weighted by atomic mass is 10.1. The summed E-state index contributed by atoms with van der Waals surface area (Å²) < 4.78 is 0. The Labute approximate surface area is 129 Å². The van der Waals surface area contributed by atoms with E-state index in [-0.39, 0.29) is 0 Å². The number of nitrogens with zero attached hydrogens (tertiary/aromatic N) is 2. The summed E-state index contributed by atoms with van der Waals surface area (Å²) in [5, 5.41) is 8.06. The topological polar surface area (TPSA) is 49.8 Å². The molecule has 0 aromatic carbocycles. The van der Waals surface area contributed by atoms with E-state index in [9.17, 15) is 0 Å². The van der Waals surface area contributed by atoms with Gasteiger partial charge in [0, 0.05) is 18.0 Å². The number of thiophene rings is 1. The van der Waals surface area contributed by atoms with Crippen LogP contribution in [-0.2, 0) is 6.42 Å². The molecule has 2 aromatic heterocycles. The monoisotopic (exact) mass is 302 g/mol. The summed E-state index contributed by atoms with van der Waals surface area (Å²) in [6, 6.07) is 2.89. The van der Waals surface area contributed by atoms with Crippen LogP contribution in [0.1, 0.15) is 37.5 Å². The molecule has 21 heavy (non-hydrogen) atoms. The number of rotatable bonds is 6. The molecule has 2 heterocycles. The summed E-state index contributed by atoms with van der Waals surface area (Å²) in [7, 11) is 1.89. The van der Waals surface area contributed by atoms with Gasteiger partial charge in [0.2, 0.25) is 5.95 Å². The van der Waals surface area contributed by atoms with Gasteiger partial charge in [0.15, 0.2) is 0 Å². The highest BCUT2D eigenvalue weighted by Crippen LogP contribution is 2.46. The van der Waals surface area contributed by atoms with E-state index in [0.29, 0.717) is 6.04 Å². The van der Waals surface area contributed by atoms with Gasteiger partial charge in [0.05, 0.1) is 5.39 Å². The van der Waals surface area contributed by atoms with Gasteiger partial charge in [-0.3, -0.25) is 0 Å². The van der Waals surface area contributed by atoms with E-state index in [1.807, 2.05) is 7.05 Å². The number of aromatic nitrogens is 2. The second-order valence-corrected chi connectivity index (χ2v) is 7.39. The van der Waals surface area contributed by atoms with Crippen LogP contribution in [-0.4, -0.2) is 23.1 Å². The molecule has 0 spiro atoms. The van der Waals surface area contributed by atoms with Crippen molar-refractivity contribution in [2.24, 2.45) is 11.8 Å². The van der Waals surface area contributed by atoms with Crippen molar-refractivity contribution in [1.29, 1.82) is 0 Å². The summed E-state index contributed by atoms with van der Waals surface area (Å²) in [6.07, 6.45) is 6.58.